The fourth-order valence-corrected chi connectivity index (χ4v) is 4.15. The first-order valence-electron chi connectivity index (χ1n) is 11.4. The van der Waals surface area contributed by atoms with Crippen molar-refractivity contribution in [2.75, 3.05) is 20.7 Å². The molecule has 0 aliphatic carbocycles. The van der Waals surface area contributed by atoms with E-state index in [0.717, 1.165) is 4.90 Å². The number of phenols is 1. The largest absolute Gasteiger partial charge is 0.508 e. The highest BCUT2D eigenvalue weighted by Gasteiger charge is 2.34. The standard InChI is InChI=1S/C25H31FN4O5/c1-30-21(25(34)35-2)13-16-10-14(5-7-18(16)26)15-6-8-22(31)17(11-15)12-19(28)23(32)29-20(24(30)33)4-3-9-27/h5-8,10-11,19-21,31H,3-4,9,12-13,27-28H2,1-2H3,(H,29,32)/t19-,20-,21-/m0/s1. The van der Waals surface area contributed by atoms with Crippen LogP contribution in [0.5, 0.6) is 5.75 Å². The molecule has 0 aromatic heterocycles. The molecule has 6 N–H and O–H groups in total. The van der Waals surface area contributed by atoms with E-state index in [4.69, 9.17) is 16.2 Å². The molecule has 2 amide bonds. The van der Waals surface area contributed by atoms with E-state index < -0.39 is 41.7 Å². The number of ether oxygens (including phenoxy) is 1. The third-order valence-electron chi connectivity index (χ3n) is 6.25. The van der Waals surface area contributed by atoms with Crippen molar-refractivity contribution < 1.29 is 28.6 Å². The molecule has 0 unspecified atom stereocenters. The van der Waals surface area contributed by atoms with Crippen molar-refractivity contribution >= 4 is 17.8 Å². The predicted octanol–water partition coefficient (Wildman–Crippen LogP) is 0.848. The SMILES string of the molecule is COC(=O)[C@@H]1Cc2cc(ccc2F)-c2ccc(O)c(c2)C[C@H](N)C(=O)N[C@@H](CCCN)C(=O)N1C. The molecule has 0 spiro atoms. The number of phenolic OH excluding ortho intramolecular Hbond substituents is 1. The van der Waals surface area contributed by atoms with E-state index >= 15 is 0 Å². The van der Waals surface area contributed by atoms with Crippen molar-refractivity contribution in [1.82, 2.24) is 10.2 Å². The summed E-state index contributed by atoms with van der Waals surface area (Å²) in [6, 6.07) is 6.08. The number of carbonyl (C=O) groups excluding carboxylic acids is 3. The first-order chi connectivity index (χ1) is 16.7. The van der Waals surface area contributed by atoms with Crippen LogP contribution in [0.3, 0.4) is 0 Å². The van der Waals surface area contributed by atoms with Gasteiger partial charge in [0.2, 0.25) is 11.8 Å². The van der Waals surface area contributed by atoms with Crippen LogP contribution in [0, 0.1) is 5.82 Å². The number of nitrogens with one attached hydrogen (secondary N) is 1. The summed E-state index contributed by atoms with van der Waals surface area (Å²) in [5.74, 6) is -2.44. The number of carbonyl (C=O) groups is 3. The number of hydrogen-bond acceptors (Lipinski definition) is 7. The number of likely N-dealkylation sites (N-methyl/N-ethyl adjacent to an activating group) is 1. The molecular formula is C25H31FN4O5. The Kier molecular flexibility index (Phi) is 8.42. The van der Waals surface area contributed by atoms with Gasteiger partial charge in [0.25, 0.3) is 0 Å². The normalized spacial score (nSPS) is 21.1. The summed E-state index contributed by atoms with van der Waals surface area (Å²) in [5, 5.41) is 13.0. The molecule has 3 atom stereocenters. The number of nitrogens with two attached hydrogens (primary N) is 2. The van der Waals surface area contributed by atoms with Gasteiger partial charge in [0.05, 0.1) is 13.2 Å². The summed E-state index contributed by atoms with van der Waals surface area (Å²) in [7, 11) is 2.60. The molecule has 0 fully saturated rings. The highest BCUT2D eigenvalue weighted by atomic mass is 19.1. The molecular weight excluding hydrogens is 455 g/mol. The van der Waals surface area contributed by atoms with E-state index in [1.807, 2.05) is 0 Å². The zero-order chi connectivity index (χ0) is 25.7. The van der Waals surface area contributed by atoms with Crippen molar-refractivity contribution in [3.05, 3.63) is 53.3 Å². The Hall–Kier alpha value is -3.50. The number of aromatic hydroxyl groups is 1. The second-order valence-corrected chi connectivity index (χ2v) is 8.64. The van der Waals surface area contributed by atoms with E-state index in [0.29, 0.717) is 23.1 Å². The van der Waals surface area contributed by atoms with Gasteiger partial charge in [0, 0.05) is 19.9 Å². The molecule has 9 nitrogen and oxygen atoms in total. The second-order valence-electron chi connectivity index (χ2n) is 8.64. The average molecular weight is 487 g/mol. The molecule has 1 aliphatic heterocycles. The van der Waals surface area contributed by atoms with Crippen LogP contribution >= 0.6 is 0 Å². The molecule has 0 saturated carbocycles. The van der Waals surface area contributed by atoms with Crippen LogP contribution in [0.1, 0.15) is 24.0 Å². The monoisotopic (exact) mass is 486 g/mol. The van der Waals surface area contributed by atoms with Crippen molar-refractivity contribution in [1.29, 1.82) is 0 Å². The van der Waals surface area contributed by atoms with E-state index in [-0.39, 0.29) is 37.1 Å². The number of rotatable bonds is 4. The number of amides is 2. The average Bonchev–Trinajstić information content (AvgIpc) is 2.85. The van der Waals surface area contributed by atoms with Gasteiger partial charge < -0.3 is 31.5 Å². The lowest BCUT2D eigenvalue weighted by molar-refractivity contribution is -0.152. The highest BCUT2D eigenvalue weighted by molar-refractivity contribution is 5.92. The summed E-state index contributed by atoms with van der Waals surface area (Å²) < 4.78 is 19.7. The van der Waals surface area contributed by atoms with Crippen LogP contribution in [0.2, 0.25) is 0 Å². The maximum Gasteiger partial charge on any atom is 0.328 e. The lowest BCUT2D eigenvalue weighted by Gasteiger charge is -2.30. The fraction of sp³-hybridized carbons (Fsp3) is 0.400. The van der Waals surface area contributed by atoms with Gasteiger partial charge in [-0.15, -0.1) is 0 Å². The minimum absolute atomic E-state index is 0.0119. The van der Waals surface area contributed by atoms with Crippen LogP contribution in [-0.2, 0) is 32.0 Å². The van der Waals surface area contributed by atoms with Crippen LogP contribution in [-0.4, -0.2) is 66.6 Å². The predicted molar refractivity (Wildman–Crippen MR) is 128 cm³/mol. The molecule has 1 heterocycles. The fourth-order valence-electron chi connectivity index (χ4n) is 4.15. The van der Waals surface area contributed by atoms with Crippen LogP contribution < -0.4 is 16.8 Å². The van der Waals surface area contributed by atoms with Crippen molar-refractivity contribution in [2.45, 2.75) is 43.8 Å². The van der Waals surface area contributed by atoms with E-state index in [1.165, 1.54) is 26.3 Å². The highest BCUT2D eigenvalue weighted by Crippen LogP contribution is 2.29. The van der Waals surface area contributed by atoms with Gasteiger partial charge in [-0.05, 0) is 65.9 Å². The van der Waals surface area contributed by atoms with Gasteiger partial charge in [0.1, 0.15) is 23.7 Å². The Labute approximate surface area is 203 Å². The molecule has 35 heavy (non-hydrogen) atoms. The van der Waals surface area contributed by atoms with Crippen molar-refractivity contribution in [2.24, 2.45) is 11.5 Å². The summed E-state index contributed by atoms with van der Waals surface area (Å²) in [6.45, 7) is 0.286. The maximum atomic E-state index is 14.8. The third-order valence-corrected chi connectivity index (χ3v) is 6.25. The summed E-state index contributed by atoms with van der Waals surface area (Å²) in [6.07, 6.45) is 0.521. The minimum Gasteiger partial charge on any atom is -0.508 e. The molecule has 10 heteroatoms. The summed E-state index contributed by atoms with van der Waals surface area (Å²) in [5.41, 5.74) is 13.7. The number of benzene rings is 2. The quantitative estimate of drug-likeness (QED) is 0.468. The van der Waals surface area contributed by atoms with Crippen molar-refractivity contribution in [3.8, 4) is 16.9 Å². The zero-order valence-corrected chi connectivity index (χ0v) is 19.8. The number of fused-ring (bicyclic) bond motifs is 5. The Bertz CT molecular complexity index is 1110. The molecule has 2 aromatic carbocycles. The van der Waals surface area contributed by atoms with E-state index in [9.17, 15) is 23.9 Å². The Balaban J connectivity index is 2.14. The summed E-state index contributed by atoms with van der Waals surface area (Å²) >= 11 is 0. The molecule has 0 saturated heterocycles. The van der Waals surface area contributed by atoms with Crippen LogP contribution in [0.15, 0.2) is 36.4 Å². The van der Waals surface area contributed by atoms with Gasteiger partial charge in [-0.2, -0.15) is 0 Å². The van der Waals surface area contributed by atoms with E-state index in [1.54, 1.807) is 24.3 Å². The lowest BCUT2D eigenvalue weighted by atomic mass is 9.95. The lowest BCUT2D eigenvalue weighted by Crippen LogP contribution is -2.55. The van der Waals surface area contributed by atoms with Crippen LogP contribution in [0.4, 0.5) is 4.39 Å². The number of hydrogen-bond donors (Lipinski definition) is 4. The number of esters is 1. The number of halogens is 1. The molecule has 188 valence electrons. The summed E-state index contributed by atoms with van der Waals surface area (Å²) in [4.78, 5) is 40.1. The van der Waals surface area contributed by atoms with Crippen LogP contribution in [0.25, 0.3) is 11.1 Å². The number of methoxy groups -OCH3 is 1. The smallest absolute Gasteiger partial charge is 0.328 e. The first-order valence-corrected chi connectivity index (χ1v) is 11.4. The van der Waals surface area contributed by atoms with Gasteiger partial charge in [-0.1, -0.05) is 12.1 Å². The third kappa shape index (κ3) is 5.95. The van der Waals surface area contributed by atoms with Gasteiger partial charge in [-0.3, -0.25) is 9.59 Å². The Morgan fingerprint density at radius 1 is 1.17 bits per heavy atom. The zero-order valence-electron chi connectivity index (χ0n) is 19.8. The van der Waals surface area contributed by atoms with Crippen molar-refractivity contribution in [3.63, 3.8) is 0 Å². The molecule has 4 bridgehead atoms. The molecule has 0 radical (unpaired) electrons. The number of nitrogens with zero attached hydrogens (tertiary/aromatic N) is 1. The molecule has 1 aliphatic rings. The van der Waals surface area contributed by atoms with Gasteiger partial charge in [0.15, 0.2) is 0 Å². The maximum absolute atomic E-state index is 14.8. The Morgan fingerprint density at radius 3 is 2.49 bits per heavy atom. The molecule has 3 rings (SSSR count). The molecule has 2 aromatic rings. The second kappa shape index (κ2) is 11.3. The topological polar surface area (TPSA) is 148 Å². The van der Waals surface area contributed by atoms with E-state index in [2.05, 4.69) is 5.32 Å². The first kappa shape index (κ1) is 26.1. The Morgan fingerprint density at radius 2 is 1.83 bits per heavy atom. The van der Waals surface area contributed by atoms with Gasteiger partial charge >= 0.3 is 5.97 Å². The minimum atomic E-state index is -1.14. The van der Waals surface area contributed by atoms with Gasteiger partial charge in [-0.25, -0.2) is 9.18 Å².